The van der Waals surface area contributed by atoms with Gasteiger partial charge >= 0.3 is 0 Å². The van der Waals surface area contributed by atoms with Gasteiger partial charge in [-0.3, -0.25) is 4.79 Å². The van der Waals surface area contributed by atoms with Crippen LogP contribution >= 0.6 is 0 Å². The van der Waals surface area contributed by atoms with Crippen molar-refractivity contribution in [1.29, 1.82) is 0 Å². The van der Waals surface area contributed by atoms with Gasteiger partial charge in [0, 0.05) is 49.5 Å². The molecule has 5 rings (SSSR count). The second-order valence-corrected chi connectivity index (χ2v) is 7.86. The minimum atomic E-state index is 0.0865. The first-order valence-corrected chi connectivity index (χ1v) is 10.4. The molecule has 2 aliphatic rings. The number of H-pyrrole nitrogens is 1. The van der Waals surface area contributed by atoms with Gasteiger partial charge in [0.25, 0.3) is 5.91 Å². The molecule has 2 aliphatic heterocycles. The molecule has 0 spiro atoms. The summed E-state index contributed by atoms with van der Waals surface area (Å²) in [6.07, 6.45) is 5.85. The van der Waals surface area contributed by atoms with E-state index in [2.05, 4.69) is 45.3 Å². The third-order valence-electron chi connectivity index (χ3n) is 6.17. The van der Waals surface area contributed by atoms with Gasteiger partial charge in [0.2, 0.25) is 0 Å². The maximum absolute atomic E-state index is 12.9. The molecule has 1 amide bonds. The lowest BCUT2D eigenvalue weighted by Gasteiger charge is -2.32. The van der Waals surface area contributed by atoms with E-state index in [0.717, 1.165) is 58.1 Å². The standard InChI is InChI=1S/C23H26N4O2/c28-23(18-5-6-22(25-15-18)26-11-13-29-14-12-26)27-9-7-17(8-10-27)20-16-24-21-4-2-1-3-19(20)21/h1-6,15-17,24H,7-14H2. The number of benzene rings is 1. The first-order chi connectivity index (χ1) is 14.3. The molecule has 150 valence electrons. The van der Waals surface area contributed by atoms with Crippen molar-refractivity contribution in [1.82, 2.24) is 14.9 Å². The highest BCUT2D eigenvalue weighted by molar-refractivity contribution is 5.94. The van der Waals surface area contributed by atoms with E-state index in [1.54, 1.807) is 6.20 Å². The number of piperidine rings is 1. The van der Waals surface area contributed by atoms with E-state index < -0.39 is 0 Å². The van der Waals surface area contributed by atoms with Crippen LogP contribution in [0.4, 0.5) is 5.82 Å². The molecule has 0 radical (unpaired) electrons. The Morgan fingerprint density at radius 1 is 1.03 bits per heavy atom. The maximum atomic E-state index is 12.9. The number of likely N-dealkylation sites (tertiary alicyclic amines) is 1. The van der Waals surface area contributed by atoms with Gasteiger partial charge in [0.05, 0.1) is 18.8 Å². The van der Waals surface area contributed by atoms with Crippen molar-refractivity contribution in [3.05, 3.63) is 59.9 Å². The van der Waals surface area contributed by atoms with E-state index in [0.29, 0.717) is 11.5 Å². The summed E-state index contributed by atoms with van der Waals surface area (Å²) in [7, 11) is 0. The fourth-order valence-electron chi connectivity index (χ4n) is 4.50. The number of carbonyl (C=O) groups excluding carboxylic acids is 1. The maximum Gasteiger partial charge on any atom is 0.255 e. The number of aromatic nitrogens is 2. The normalized spacial score (nSPS) is 18.3. The van der Waals surface area contributed by atoms with Crippen molar-refractivity contribution in [2.45, 2.75) is 18.8 Å². The number of nitrogens with zero attached hydrogens (tertiary/aromatic N) is 3. The molecule has 0 saturated carbocycles. The average molecular weight is 390 g/mol. The largest absolute Gasteiger partial charge is 0.378 e. The Labute approximate surface area is 170 Å². The van der Waals surface area contributed by atoms with Gasteiger partial charge in [0.15, 0.2) is 0 Å². The smallest absolute Gasteiger partial charge is 0.255 e. The average Bonchev–Trinajstić information content (AvgIpc) is 3.24. The summed E-state index contributed by atoms with van der Waals surface area (Å²) in [5.41, 5.74) is 3.24. The number of nitrogens with one attached hydrogen (secondary N) is 1. The number of fused-ring (bicyclic) bond motifs is 1. The van der Waals surface area contributed by atoms with Crippen molar-refractivity contribution in [2.75, 3.05) is 44.3 Å². The Bertz CT molecular complexity index is 984. The highest BCUT2D eigenvalue weighted by Gasteiger charge is 2.26. The van der Waals surface area contributed by atoms with Crippen molar-refractivity contribution < 1.29 is 9.53 Å². The fraction of sp³-hybridized carbons (Fsp3) is 0.391. The Hall–Kier alpha value is -2.86. The molecule has 0 unspecified atom stereocenters. The van der Waals surface area contributed by atoms with Crippen molar-refractivity contribution in [3.8, 4) is 0 Å². The molecule has 2 fully saturated rings. The molecular formula is C23H26N4O2. The lowest BCUT2D eigenvalue weighted by molar-refractivity contribution is 0.0713. The quantitative estimate of drug-likeness (QED) is 0.744. The lowest BCUT2D eigenvalue weighted by atomic mass is 9.89. The molecule has 3 aromatic rings. The summed E-state index contributed by atoms with van der Waals surface area (Å²) in [5, 5.41) is 1.31. The van der Waals surface area contributed by atoms with E-state index in [1.807, 2.05) is 17.0 Å². The number of anilines is 1. The molecule has 6 heteroatoms. The molecule has 2 saturated heterocycles. The first kappa shape index (κ1) is 18.2. The molecule has 2 aromatic heterocycles. The Morgan fingerprint density at radius 3 is 2.59 bits per heavy atom. The number of ether oxygens (including phenoxy) is 1. The van der Waals surface area contributed by atoms with E-state index in [4.69, 9.17) is 4.74 Å². The van der Waals surface area contributed by atoms with Crippen molar-refractivity contribution in [3.63, 3.8) is 0 Å². The molecule has 29 heavy (non-hydrogen) atoms. The Kier molecular flexibility index (Phi) is 4.94. The SMILES string of the molecule is O=C(c1ccc(N2CCOCC2)nc1)N1CCC(c2c[nH]c3ccccc23)CC1. The van der Waals surface area contributed by atoms with Crippen LogP contribution in [0.2, 0.25) is 0 Å². The topological polar surface area (TPSA) is 61.5 Å². The highest BCUT2D eigenvalue weighted by Crippen LogP contribution is 2.33. The van der Waals surface area contributed by atoms with Crippen LogP contribution in [0.15, 0.2) is 48.8 Å². The molecule has 0 aliphatic carbocycles. The van der Waals surface area contributed by atoms with Gasteiger partial charge in [-0.1, -0.05) is 18.2 Å². The van der Waals surface area contributed by atoms with Crippen LogP contribution in [0.25, 0.3) is 10.9 Å². The number of hydrogen-bond acceptors (Lipinski definition) is 4. The summed E-state index contributed by atoms with van der Waals surface area (Å²) in [5.74, 6) is 1.50. The Balaban J connectivity index is 1.23. The number of morpholine rings is 1. The summed E-state index contributed by atoms with van der Waals surface area (Å²) in [6, 6.07) is 12.3. The van der Waals surface area contributed by atoms with Crippen molar-refractivity contribution >= 4 is 22.6 Å². The number of amides is 1. The summed E-state index contributed by atoms with van der Waals surface area (Å²) >= 11 is 0. The van der Waals surface area contributed by atoms with Crippen LogP contribution in [-0.4, -0.2) is 60.2 Å². The van der Waals surface area contributed by atoms with E-state index in [1.165, 1.54) is 16.5 Å². The third-order valence-corrected chi connectivity index (χ3v) is 6.17. The first-order valence-electron chi connectivity index (χ1n) is 10.4. The third kappa shape index (κ3) is 3.60. The minimum absolute atomic E-state index is 0.0865. The molecule has 1 N–H and O–H groups in total. The summed E-state index contributed by atoms with van der Waals surface area (Å²) < 4.78 is 5.39. The zero-order valence-electron chi connectivity index (χ0n) is 16.5. The van der Waals surface area contributed by atoms with Crippen LogP contribution in [0, 0.1) is 0 Å². The zero-order chi connectivity index (χ0) is 19.6. The zero-order valence-corrected chi connectivity index (χ0v) is 16.5. The highest BCUT2D eigenvalue weighted by atomic mass is 16.5. The van der Waals surface area contributed by atoms with Gasteiger partial charge in [-0.15, -0.1) is 0 Å². The molecule has 4 heterocycles. The van der Waals surface area contributed by atoms with Gasteiger partial charge in [-0.25, -0.2) is 4.98 Å². The fourth-order valence-corrected chi connectivity index (χ4v) is 4.50. The van der Waals surface area contributed by atoms with E-state index in [9.17, 15) is 4.79 Å². The molecule has 1 aromatic carbocycles. The predicted octanol–water partition coefficient (Wildman–Crippen LogP) is 3.42. The van der Waals surface area contributed by atoms with Gasteiger partial charge < -0.3 is 19.5 Å². The van der Waals surface area contributed by atoms with Crippen LogP contribution in [-0.2, 0) is 4.74 Å². The van der Waals surface area contributed by atoms with Crippen LogP contribution < -0.4 is 4.90 Å². The molecule has 6 nitrogen and oxygen atoms in total. The Morgan fingerprint density at radius 2 is 1.83 bits per heavy atom. The number of aromatic amines is 1. The molecular weight excluding hydrogens is 364 g/mol. The minimum Gasteiger partial charge on any atom is -0.378 e. The lowest BCUT2D eigenvalue weighted by Crippen LogP contribution is -2.38. The number of para-hydroxylation sites is 1. The van der Waals surface area contributed by atoms with Gasteiger partial charge in [0.1, 0.15) is 5.82 Å². The second-order valence-electron chi connectivity index (χ2n) is 7.86. The van der Waals surface area contributed by atoms with E-state index in [-0.39, 0.29) is 5.91 Å². The van der Waals surface area contributed by atoms with Crippen LogP contribution in [0.5, 0.6) is 0 Å². The summed E-state index contributed by atoms with van der Waals surface area (Å²) in [6.45, 7) is 4.73. The van der Waals surface area contributed by atoms with Crippen molar-refractivity contribution in [2.24, 2.45) is 0 Å². The van der Waals surface area contributed by atoms with Gasteiger partial charge in [-0.05, 0) is 42.5 Å². The second kappa shape index (κ2) is 7.87. The number of hydrogen-bond donors (Lipinski definition) is 1. The monoisotopic (exact) mass is 390 g/mol. The predicted molar refractivity (Wildman–Crippen MR) is 113 cm³/mol. The number of pyridine rings is 1. The van der Waals surface area contributed by atoms with Crippen LogP contribution in [0.1, 0.15) is 34.7 Å². The number of rotatable bonds is 3. The molecule has 0 bridgehead atoms. The van der Waals surface area contributed by atoms with Gasteiger partial charge in [-0.2, -0.15) is 0 Å². The van der Waals surface area contributed by atoms with Crippen LogP contribution in [0.3, 0.4) is 0 Å². The molecule has 0 atom stereocenters. The number of carbonyl (C=O) groups is 1. The van der Waals surface area contributed by atoms with E-state index >= 15 is 0 Å². The summed E-state index contributed by atoms with van der Waals surface area (Å²) in [4.78, 5) is 25.0.